The van der Waals surface area contributed by atoms with Crippen molar-refractivity contribution in [3.05, 3.63) is 33.9 Å². The van der Waals surface area contributed by atoms with Gasteiger partial charge in [0, 0.05) is 35.7 Å². The van der Waals surface area contributed by atoms with Gasteiger partial charge in [-0.25, -0.2) is 0 Å². The van der Waals surface area contributed by atoms with E-state index in [1.54, 1.807) is 6.07 Å². The minimum atomic E-state index is -0.335. The molecule has 0 aliphatic carbocycles. The molecule has 4 nitrogen and oxygen atoms in total. The third kappa shape index (κ3) is 4.20. The summed E-state index contributed by atoms with van der Waals surface area (Å²) in [5, 5.41) is 11.4. The van der Waals surface area contributed by atoms with Crippen LogP contribution in [-0.2, 0) is 5.33 Å². The first kappa shape index (κ1) is 16.0. The van der Waals surface area contributed by atoms with Gasteiger partial charge in [-0.05, 0) is 31.4 Å². The van der Waals surface area contributed by atoms with Gasteiger partial charge in [-0.15, -0.1) is 0 Å². The summed E-state index contributed by atoms with van der Waals surface area (Å²) in [6.45, 7) is 6.57. The third-order valence-electron chi connectivity index (χ3n) is 3.28. The average Bonchev–Trinajstić information content (AvgIpc) is 2.36. The minimum Gasteiger partial charge on any atom is -0.372 e. The number of alkyl halides is 1. The molecule has 0 aromatic heterocycles. The Bertz CT molecular complexity index is 449. The molecule has 0 aliphatic rings. The Hall–Kier alpha value is -1.10. The van der Waals surface area contributed by atoms with Crippen molar-refractivity contribution in [2.45, 2.75) is 38.6 Å². The van der Waals surface area contributed by atoms with Gasteiger partial charge in [0.25, 0.3) is 5.69 Å². The Morgan fingerprint density at radius 2 is 2.00 bits per heavy atom. The molecule has 0 heterocycles. The average molecular weight is 329 g/mol. The summed E-state index contributed by atoms with van der Waals surface area (Å²) in [5.41, 5.74) is 1.91. The van der Waals surface area contributed by atoms with E-state index in [-0.39, 0.29) is 10.6 Å². The number of halogens is 1. The molecule has 0 radical (unpaired) electrons. The number of nitro benzene ring substituents is 1. The highest BCUT2D eigenvalue weighted by atomic mass is 79.9. The van der Waals surface area contributed by atoms with E-state index in [4.69, 9.17) is 0 Å². The maximum Gasteiger partial charge on any atom is 0.273 e. The SMILES string of the molecule is CC(C)CC(C)N(C)c1ccc([N+](=O)[O-])c(CBr)c1. The van der Waals surface area contributed by atoms with Crippen LogP contribution in [0.2, 0.25) is 0 Å². The van der Waals surface area contributed by atoms with Crippen molar-refractivity contribution >= 4 is 27.3 Å². The van der Waals surface area contributed by atoms with E-state index in [0.717, 1.165) is 12.1 Å². The number of anilines is 1. The summed E-state index contributed by atoms with van der Waals surface area (Å²) in [6, 6.07) is 5.71. The minimum absolute atomic E-state index is 0.172. The lowest BCUT2D eigenvalue weighted by Gasteiger charge is -2.28. The van der Waals surface area contributed by atoms with Gasteiger partial charge in [0.05, 0.1) is 4.92 Å². The first-order valence-corrected chi connectivity index (χ1v) is 7.55. The first-order chi connectivity index (χ1) is 8.86. The topological polar surface area (TPSA) is 46.4 Å². The van der Waals surface area contributed by atoms with Crippen LogP contribution in [0.15, 0.2) is 18.2 Å². The fourth-order valence-corrected chi connectivity index (χ4v) is 2.62. The molecule has 1 aromatic carbocycles. The molecule has 0 spiro atoms. The van der Waals surface area contributed by atoms with Crippen molar-refractivity contribution in [3.8, 4) is 0 Å². The van der Waals surface area contributed by atoms with Crippen LogP contribution in [0.5, 0.6) is 0 Å². The lowest BCUT2D eigenvalue weighted by molar-refractivity contribution is -0.385. The number of nitrogens with zero attached hydrogens (tertiary/aromatic N) is 2. The highest BCUT2D eigenvalue weighted by Crippen LogP contribution is 2.28. The fraction of sp³-hybridized carbons (Fsp3) is 0.571. The summed E-state index contributed by atoms with van der Waals surface area (Å²) in [6.07, 6.45) is 1.09. The van der Waals surface area contributed by atoms with Gasteiger partial charge >= 0.3 is 0 Å². The number of rotatable bonds is 6. The Morgan fingerprint density at radius 1 is 1.37 bits per heavy atom. The Kier molecular flexibility index (Phi) is 5.79. The number of hydrogen-bond donors (Lipinski definition) is 0. The van der Waals surface area contributed by atoms with E-state index in [0.29, 0.717) is 22.9 Å². The Morgan fingerprint density at radius 3 is 2.47 bits per heavy atom. The van der Waals surface area contributed by atoms with Crippen LogP contribution in [0.3, 0.4) is 0 Å². The highest BCUT2D eigenvalue weighted by Gasteiger charge is 2.17. The Labute approximate surface area is 123 Å². The molecule has 1 rings (SSSR count). The molecule has 106 valence electrons. The summed E-state index contributed by atoms with van der Waals surface area (Å²) in [7, 11) is 2.03. The van der Waals surface area contributed by atoms with Crippen LogP contribution in [0.25, 0.3) is 0 Å². The van der Waals surface area contributed by atoms with E-state index >= 15 is 0 Å². The van der Waals surface area contributed by atoms with Gasteiger partial charge in [-0.1, -0.05) is 29.8 Å². The second kappa shape index (κ2) is 6.89. The molecule has 19 heavy (non-hydrogen) atoms. The van der Waals surface area contributed by atoms with E-state index in [2.05, 4.69) is 41.6 Å². The number of benzene rings is 1. The monoisotopic (exact) mass is 328 g/mol. The van der Waals surface area contributed by atoms with Crippen LogP contribution in [0.1, 0.15) is 32.8 Å². The second-order valence-electron chi connectivity index (χ2n) is 5.29. The summed E-state index contributed by atoms with van der Waals surface area (Å²) in [4.78, 5) is 12.8. The third-order valence-corrected chi connectivity index (χ3v) is 3.89. The molecule has 0 amide bonds. The van der Waals surface area contributed by atoms with E-state index in [1.807, 2.05) is 19.2 Å². The molecule has 1 atom stereocenters. The molecule has 0 fully saturated rings. The van der Waals surface area contributed by atoms with Gasteiger partial charge in [0.15, 0.2) is 0 Å². The standard InChI is InChI=1S/C14H21BrN2O2/c1-10(2)7-11(3)16(4)13-5-6-14(17(18)19)12(8-13)9-15/h5-6,8,10-11H,7,9H2,1-4H3. The van der Waals surface area contributed by atoms with Crippen LogP contribution in [0, 0.1) is 16.0 Å². The zero-order valence-electron chi connectivity index (χ0n) is 11.9. The van der Waals surface area contributed by atoms with E-state index in [9.17, 15) is 10.1 Å². The van der Waals surface area contributed by atoms with Gasteiger partial charge in [-0.2, -0.15) is 0 Å². The number of nitro groups is 1. The maximum atomic E-state index is 10.9. The molecular weight excluding hydrogens is 308 g/mol. The van der Waals surface area contributed by atoms with Crippen molar-refractivity contribution in [1.82, 2.24) is 0 Å². The fourth-order valence-electron chi connectivity index (χ4n) is 2.17. The highest BCUT2D eigenvalue weighted by molar-refractivity contribution is 9.08. The van der Waals surface area contributed by atoms with E-state index in [1.165, 1.54) is 0 Å². The molecule has 0 bridgehead atoms. The molecule has 1 aromatic rings. The van der Waals surface area contributed by atoms with Crippen molar-refractivity contribution in [1.29, 1.82) is 0 Å². The van der Waals surface area contributed by atoms with Crippen molar-refractivity contribution in [3.63, 3.8) is 0 Å². The van der Waals surface area contributed by atoms with Gasteiger partial charge < -0.3 is 4.90 Å². The summed E-state index contributed by atoms with van der Waals surface area (Å²) < 4.78 is 0. The molecule has 5 heteroatoms. The van der Waals surface area contributed by atoms with Crippen LogP contribution < -0.4 is 4.90 Å². The molecule has 0 aliphatic heterocycles. The van der Waals surface area contributed by atoms with E-state index < -0.39 is 0 Å². The second-order valence-corrected chi connectivity index (χ2v) is 5.85. The van der Waals surface area contributed by atoms with Gasteiger partial charge in [-0.3, -0.25) is 10.1 Å². The lowest BCUT2D eigenvalue weighted by Crippen LogP contribution is -2.30. The predicted octanol–water partition coefficient (Wildman–Crippen LogP) is 4.36. The molecule has 0 N–H and O–H groups in total. The molecule has 0 saturated carbocycles. The summed E-state index contributed by atoms with van der Waals surface area (Å²) >= 11 is 3.31. The van der Waals surface area contributed by atoms with Crippen molar-refractivity contribution < 1.29 is 4.92 Å². The lowest BCUT2D eigenvalue weighted by atomic mass is 10.0. The van der Waals surface area contributed by atoms with Gasteiger partial charge in [0.2, 0.25) is 0 Å². The van der Waals surface area contributed by atoms with Crippen LogP contribution in [0.4, 0.5) is 11.4 Å². The normalized spacial score (nSPS) is 12.5. The maximum absolute atomic E-state index is 10.9. The van der Waals surface area contributed by atoms with Crippen molar-refractivity contribution in [2.75, 3.05) is 11.9 Å². The largest absolute Gasteiger partial charge is 0.372 e. The number of hydrogen-bond acceptors (Lipinski definition) is 3. The first-order valence-electron chi connectivity index (χ1n) is 6.43. The van der Waals surface area contributed by atoms with Crippen molar-refractivity contribution in [2.24, 2.45) is 5.92 Å². The van der Waals surface area contributed by atoms with Gasteiger partial charge in [0.1, 0.15) is 0 Å². The smallest absolute Gasteiger partial charge is 0.273 e. The summed E-state index contributed by atoms with van der Waals surface area (Å²) in [5.74, 6) is 0.631. The quantitative estimate of drug-likeness (QED) is 0.442. The predicted molar refractivity (Wildman–Crippen MR) is 83.0 cm³/mol. The van der Waals surface area contributed by atoms with Crippen LogP contribution >= 0.6 is 15.9 Å². The zero-order valence-corrected chi connectivity index (χ0v) is 13.5. The van der Waals surface area contributed by atoms with Crippen LogP contribution in [-0.4, -0.2) is 18.0 Å². The molecule has 1 unspecified atom stereocenters. The molecule has 0 saturated heterocycles. The molecular formula is C14H21BrN2O2. The Balaban J connectivity index is 2.98. The zero-order chi connectivity index (χ0) is 14.6.